The molecule has 3 N–H and O–H groups in total. The molecule has 0 amide bonds. The predicted octanol–water partition coefficient (Wildman–Crippen LogP) is 2.68. The minimum absolute atomic E-state index is 0.0438. The van der Waals surface area contributed by atoms with Crippen LogP contribution in [0.2, 0.25) is 0 Å². The highest BCUT2D eigenvalue weighted by molar-refractivity contribution is 9.10. The molecule has 3 unspecified atom stereocenters. The topological polar surface area (TPSA) is 49.5 Å². The minimum Gasteiger partial charge on any atom is -0.391 e. The molecule has 1 heterocycles. The first-order valence-electron chi connectivity index (χ1n) is 6.47. The van der Waals surface area contributed by atoms with Crippen LogP contribution < -0.4 is 10.6 Å². The van der Waals surface area contributed by atoms with Gasteiger partial charge in [0, 0.05) is 23.6 Å². The summed E-state index contributed by atoms with van der Waals surface area (Å²) < 4.78 is 1.05. The molecule has 2 rings (SSSR count). The number of nitrogens with zero attached hydrogens (tertiary/aromatic N) is 1. The van der Waals surface area contributed by atoms with Crippen molar-refractivity contribution in [2.24, 2.45) is 11.7 Å². The maximum Gasteiger partial charge on any atom is 0.0741 e. The van der Waals surface area contributed by atoms with Gasteiger partial charge in [0.2, 0.25) is 0 Å². The van der Waals surface area contributed by atoms with Gasteiger partial charge in [-0.05, 0) is 52.9 Å². The second kappa shape index (κ2) is 5.59. The van der Waals surface area contributed by atoms with Gasteiger partial charge in [-0.25, -0.2) is 0 Å². The number of aliphatic hydroxyl groups excluding tert-OH is 1. The summed E-state index contributed by atoms with van der Waals surface area (Å²) in [5.74, 6) is 0.392. The first-order chi connectivity index (χ1) is 8.49. The van der Waals surface area contributed by atoms with Gasteiger partial charge in [0.25, 0.3) is 0 Å². The van der Waals surface area contributed by atoms with Gasteiger partial charge >= 0.3 is 0 Å². The summed E-state index contributed by atoms with van der Waals surface area (Å²) in [5, 5.41) is 9.97. The summed E-state index contributed by atoms with van der Waals surface area (Å²) in [6.07, 6.45) is 0.793. The maximum absolute atomic E-state index is 9.97. The predicted molar refractivity (Wildman–Crippen MR) is 78.7 cm³/mol. The Morgan fingerprint density at radius 2 is 2.22 bits per heavy atom. The highest BCUT2D eigenvalue weighted by Gasteiger charge is 2.25. The Kier molecular flexibility index (Phi) is 4.30. The number of hydrogen-bond acceptors (Lipinski definition) is 3. The number of benzene rings is 1. The van der Waals surface area contributed by atoms with Gasteiger partial charge in [0.1, 0.15) is 0 Å². The van der Waals surface area contributed by atoms with Crippen LogP contribution in [0, 0.1) is 5.92 Å². The molecule has 0 aliphatic carbocycles. The summed E-state index contributed by atoms with van der Waals surface area (Å²) in [5.41, 5.74) is 8.14. The van der Waals surface area contributed by atoms with Crippen LogP contribution in [0.25, 0.3) is 0 Å². The van der Waals surface area contributed by atoms with Crippen LogP contribution in [0.15, 0.2) is 22.7 Å². The second-order valence-electron chi connectivity index (χ2n) is 5.28. The molecule has 0 bridgehead atoms. The van der Waals surface area contributed by atoms with Crippen molar-refractivity contribution < 1.29 is 5.11 Å². The van der Waals surface area contributed by atoms with E-state index in [1.54, 1.807) is 0 Å². The summed E-state index contributed by atoms with van der Waals surface area (Å²) in [6, 6.07) is 6.27. The van der Waals surface area contributed by atoms with E-state index in [0.29, 0.717) is 12.5 Å². The molecule has 0 saturated carbocycles. The normalized spacial score (nSPS) is 26.2. The zero-order chi connectivity index (χ0) is 13.3. The fourth-order valence-corrected chi connectivity index (χ4v) is 2.98. The van der Waals surface area contributed by atoms with Crippen molar-refractivity contribution in [2.75, 3.05) is 18.0 Å². The lowest BCUT2D eigenvalue weighted by Gasteiger charge is -2.36. The molecule has 1 fully saturated rings. The average molecular weight is 313 g/mol. The van der Waals surface area contributed by atoms with E-state index in [1.165, 1.54) is 0 Å². The molecule has 0 radical (unpaired) electrons. The molecule has 1 aliphatic heterocycles. The van der Waals surface area contributed by atoms with Gasteiger partial charge < -0.3 is 15.7 Å². The third-order valence-corrected chi connectivity index (χ3v) is 4.39. The van der Waals surface area contributed by atoms with Crippen LogP contribution >= 0.6 is 15.9 Å². The number of halogens is 1. The van der Waals surface area contributed by atoms with E-state index < -0.39 is 0 Å². The fourth-order valence-electron chi connectivity index (χ4n) is 2.33. The van der Waals surface area contributed by atoms with Crippen LogP contribution in [0.1, 0.15) is 31.9 Å². The molecule has 1 saturated heterocycles. The zero-order valence-electron chi connectivity index (χ0n) is 10.9. The Labute approximate surface area is 117 Å². The fraction of sp³-hybridized carbons (Fsp3) is 0.571. The molecule has 0 spiro atoms. The summed E-state index contributed by atoms with van der Waals surface area (Å²) >= 11 is 3.61. The summed E-state index contributed by atoms with van der Waals surface area (Å²) in [4.78, 5) is 2.24. The molecule has 4 heteroatoms. The van der Waals surface area contributed by atoms with Crippen LogP contribution in [0.3, 0.4) is 0 Å². The Morgan fingerprint density at radius 1 is 1.50 bits per heavy atom. The lowest BCUT2D eigenvalue weighted by molar-refractivity contribution is 0.103. The van der Waals surface area contributed by atoms with E-state index in [-0.39, 0.29) is 12.1 Å². The highest BCUT2D eigenvalue weighted by atomic mass is 79.9. The van der Waals surface area contributed by atoms with Gasteiger partial charge in [-0.3, -0.25) is 0 Å². The maximum atomic E-state index is 9.97. The van der Waals surface area contributed by atoms with Crippen molar-refractivity contribution in [2.45, 2.75) is 32.4 Å². The van der Waals surface area contributed by atoms with Crippen molar-refractivity contribution >= 4 is 21.6 Å². The van der Waals surface area contributed by atoms with E-state index >= 15 is 0 Å². The number of nitrogens with two attached hydrogens (primary N) is 1. The molecule has 3 atom stereocenters. The monoisotopic (exact) mass is 312 g/mol. The van der Waals surface area contributed by atoms with Crippen LogP contribution in [0.5, 0.6) is 0 Å². The van der Waals surface area contributed by atoms with Crippen molar-refractivity contribution in [3.63, 3.8) is 0 Å². The standard InChI is InChI=1S/C14H21BrN2O/c1-9-5-6-17(8-14(9)18)13-4-3-11(10(2)16)7-12(13)15/h3-4,7,9-10,14,18H,5-6,8,16H2,1-2H3. The number of piperidine rings is 1. The number of rotatable bonds is 2. The van der Waals surface area contributed by atoms with Crippen LogP contribution in [-0.4, -0.2) is 24.3 Å². The van der Waals surface area contributed by atoms with Crippen molar-refractivity contribution in [3.8, 4) is 0 Å². The lowest BCUT2D eigenvalue weighted by atomic mass is 9.95. The van der Waals surface area contributed by atoms with Crippen LogP contribution in [-0.2, 0) is 0 Å². The van der Waals surface area contributed by atoms with E-state index in [2.05, 4.69) is 46.0 Å². The molecular formula is C14H21BrN2O. The van der Waals surface area contributed by atoms with E-state index in [0.717, 1.165) is 28.7 Å². The Hall–Kier alpha value is -0.580. The van der Waals surface area contributed by atoms with E-state index in [1.807, 2.05) is 6.92 Å². The molecule has 1 aliphatic rings. The SMILES string of the molecule is CC(N)c1ccc(N2CCC(C)C(O)C2)c(Br)c1. The average Bonchev–Trinajstić information content (AvgIpc) is 2.32. The third kappa shape index (κ3) is 2.87. The van der Waals surface area contributed by atoms with Crippen molar-refractivity contribution in [3.05, 3.63) is 28.2 Å². The zero-order valence-corrected chi connectivity index (χ0v) is 12.5. The molecular weight excluding hydrogens is 292 g/mol. The first kappa shape index (κ1) is 13.8. The number of hydrogen-bond donors (Lipinski definition) is 2. The Bertz CT molecular complexity index is 422. The van der Waals surface area contributed by atoms with Gasteiger partial charge in [0.05, 0.1) is 11.8 Å². The molecule has 3 nitrogen and oxygen atoms in total. The largest absolute Gasteiger partial charge is 0.391 e. The number of anilines is 1. The molecule has 1 aromatic carbocycles. The van der Waals surface area contributed by atoms with E-state index in [9.17, 15) is 5.11 Å². The number of β-amino-alcohol motifs (C(OH)–C–C–N with tert-alkyl or cyclic N) is 1. The van der Waals surface area contributed by atoms with Gasteiger partial charge in [-0.15, -0.1) is 0 Å². The summed E-state index contributed by atoms with van der Waals surface area (Å²) in [7, 11) is 0. The van der Waals surface area contributed by atoms with Gasteiger partial charge in [-0.1, -0.05) is 13.0 Å². The molecule has 1 aromatic rings. The van der Waals surface area contributed by atoms with Crippen LogP contribution in [0.4, 0.5) is 5.69 Å². The highest BCUT2D eigenvalue weighted by Crippen LogP contribution is 2.31. The quantitative estimate of drug-likeness (QED) is 0.882. The first-order valence-corrected chi connectivity index (χ1v) is 7.26. The smallest absolute Gasteiger partial charge is 0.0741 e. The summed E-state index contributed by atoms with van der Waals surface area (Å²) in [6.45, 7) is 5.79. The molecule has 100 valence electrons. The third-order valence-electron chi connectivity index (χ3n) is 3.76. The van der Waals surface area contributed by atoms with E-state index in [4.69, 9.17) is 5.73 Å². The number of aliphatic hydroxyl groups is 1. The Balaban J connectivity index is 2.19. The second-order valence-corrected chi connectivity index (χ2v) is 6.13. The van der Waals surface area contributed by atoms with Crippen molar-refractivity contribution in [1.82, 2.24) is 0 Å². The van der Waals surface area contributed by atoms with Gasteiger partial charge in [-0.2, -0.15) is 0 Å². The van der Waals surface area contributed by atoms with Crippen molar-refractivity contribution in [1.29, 1.82) is 0 Å². The Morgan fingerprint density at radius 3 is 2.78 bits per heavy atom. The molecule has 0 aromatic heterocycles. The minimum atomic E-state index is -0.237. The van der Waals surface area contributed by atoms with Gasteiger partial charge in [0.15, 0.2) is 0 Å². The molecule has 18 heavy (non-hydrogen) atoms. The lowest BCUT2D eigenvalue weighted by Crippen LogP contribution is -2.43.